The molecule has 1 atom stereocenters. The van der Waals surface area contributed by atoms with E-state index in [2.05, 4.69) is 50.8 Å². The summed E-state index contributed by atoms with van der Waals surface area (Å²) < 4.78 is 0. The molecule has 1 aliphatic rings. The summed E-state index contributed by atoms with van der Waals surface area (Å²) in [5.74, 6) is 0.0187. The van der Waals surface area contributed by atoms with Crippen LogP contribution in [0.5, 0.6) is 0 Å². The number of piperidine rings is 1. The number of nitrogens with one attached hydrogen (secondary N) is 2. The molecule has 2 aromatic carbocycles. The Hall–Kier alpha value is -2.77. The molecule has 0 radical (unpaired) electrons. The van der Waals surface area contributed by atoms with Gasteiger partial charge in [0.05, 0.1) is 18.3 Å². The van der Waals surface area contributed by atoms with Crippen molar-refractivity contribution >= 4 is 39.1 Å². The quantitative estimate of drug-likeness (QED) is 0.609. The minimum Gasteiger partial charge on any atom is -0.348 e. The van der Waals surface area contributed by atoms with E-state index in [0.717, 1.165) is 37.2 Å². The van der Waals surface area contributed by atoms with Crippen LogP contribution < -0.4 is 10.6 Å². The monoisotopic (exact) mass is 436 g/mol. The molecule has 1 unspecified atom stereocenters. The summed E-state index contributed by atoms with van der Waals surface area (Å²) in [5, 5.41) is 11.0. The molecule has 6 nitrogen and oxygen atoms in total. The third-order valence-electron chi connectivity index (χ3n) is 5.83. The van der Waals surface area contributed by atoms with Crippen LogP contribution in [-0.4, -0.2) is 41.3 Å². The lowest BCUT2D eigenvalue weighted by Crippen LogP contribution is -2.43. The topological polar surface area (TPSA) is 74.3 Å². The maximum absolute atomic E-state index is 12.6. The van der Waals surface area contributed by atoms with Crippen LogP contribution in [0.1, 0.15) is 37.1 Å². The van der Waals surface area contributed by atoms with Gasteiger partial charge in [-0.3, -0.25) is 14.5 Å². The predicted octanol–water partition coefficient (Wildman–Crippen LogP) is 4.13. The molecular formula is C24H28N4O2S. The maximum Gasteiger partial charge on any atom is 0.234 e. The van der Waals surface area contributed by atoms with E-state index in [-0.39, 0.29) is 23.8 Å². The van der Waals surface area contributed by atoms with Gasteiger partial charge in [-0.05, 0) is 62.2 Å². The van der Waals surface area contributed by atoms with E-state index in [9.17, 15) is 9.59 Å². The number of likely N-dealkylation sites (tertiary alicyclic amines) is 1. The number of nitrogens with zero attached hydrogens (tertiary/aromatic N) is 2. The van der Waals surface area contributed by atoms with Crippen molar-refractivity contribution in [2.24, 2.45) is 5.92 Å². The zero-order chi connectivity index (χ0) is 21.8. The van der Waals surface area contributed by atoms with Gasteiger partial charge in [0.25, 0.3) is 0 Å². The van der Waals surface area contributed by atoms with Crippen LogP contribution >= 0.6 is 11.3 Å². The Bertz CT molecular complexity index is 1070. The first-order valence-corrected chi connectivity index (χ1v) is 11.6. The summed E-state index contributed by atoms with van der Waals surface area (Å²) in [6.07, 6.45) is 1.51. The second-order valence-electron chi connectivity index (χ2n) is 8.23. The second-order valence-corrected chi connectivity index (χ2v) is 9.09. The number of aromatic nitrogens is 1. The summed E-state index contributed by atoms with van der Waals surface area (Å²) in [4.78, 5) is 31.5. The Morgan fingerprint density at radius 2 is 1.90 bits per heavy atom. The largest absolute Gasteiger partial charge is 0.348 e. The highest BCUT2D eigenvalue weighted by atomic mass is 32.1. The number of rotatable bonds is 6. The van der Waals surface area contributed by atoms with Crippen molar-refractivity contribution in [3.63, 3.8) is 0 Å². The number of fused-ring (bicyclic) bond motifs is 1. The Morgan fingerprint density at radius 3 is 2.61 bits per heavy atom. The van der Waals surface area contributed by atoms with Crippen LogP contribution in [-0.2, 0) is 9.59 Å². The molecule has 1 aromatic heterocycles. The summed E-state index contributed by atoms with van der Waals surface area (Å²) in [5.41, 5.74) is 2.01. The van der Waals surface area contributed by atoms with Crippen molar-refractivity contribution in [1.29, 1.82) is 0 Å². The second kappa shape index (κ2) is 9.58. The lowest BCUT2D eigenvalue weighted by atomic mass is 9.96. The summed E-state index contributed by atoms with van der Waals surface area (Å²) in [7, 11) is 0. The fourth-order valence-corrected chi connectivity index (χ4v) is 4.71. The van der Waals surface area contributed by atoms with Gasteiger partial charge in [-0.15, -0.1) is 11.3 Å². The lowest BCUT2D eigenvalue weighted by Gasteiger charge is -2.30. The van der Waals surface area contributed by atoms with Gasteiger partial charge in [0, 0.05) is 11.3 Å². The van der Waals surface area contributed by atoms with Gasteiger partial charge in [0.1, 0.15) is 0 Å². The van der Waals surface area contributed by atoms with Crippen molar-refractivity contribution in [2.75, 3.05) is 25.0 Å². The fraction of sp³-hybridized carbons (Fsp3) is 0.375. The zero-order valence-electron chi connectivity index (χ0n) is 17.9. The van der Waals surface area contributed by atoms with Gasteiger partial charge in [0.15, 0.2) is 5.13 Å². The molecule has 4 rings (SSSR count). The average Bonchev–Trinajstić information content (AvgIpc) is 3.18. The van der Waals surface area contributed by atoms with E-state index in [0.29, 0.717) is 11.7 Å². The highest BCUT2D eigenvalue weighted by molar-refractivity contribution is 7.13. The smallest absolute Gasteiger partial charge is 0.234 e. The van der Waals surface area contributed by atoms with Crippen molar-refractivity contribution < 1.29 is 9.59 Å². The standard InChI is InChI=1S/C24H28N4O2S/c1-16-15-31-24(25-16)27-23(30)19-9-11-28(12-10-19)14-22(29)26-17(2)20-8-7-18-5-3-4-6-21(18)13-20/h3-8,13,15,17,19H,9-12,14H2,1-2H3,(H,26,29)(H,25,27,30). The van der Waals surface area contributed by atoms with E-state index in [1.165, 1.54) is 22.1 Å². The number of amides is 2. The molecule has 162 valence electrons. The number of thiazole rings is 1. The molecule has 31 heavy (non-hydrogen) atoms. The van der Waals surface area contributed by atoms with Crippen LogP contribution in [0.2, 0.25) is 0 Å². The van der Waals surface area contributed by atoms with Gasteiger partial charge in [-0.25, -0.2) is 4.98 Å². The van der Waals surface area contributed by atoms with E-state index < -0.39 is 0 Å². The fourth-order valence-electron chi connectivity index (χ4n) is 4.02. The first-order valence-electron chi connectivity index (χ1n) is 10.7. The highest BCUT2D eigenvalue weighted by Gasteiger charge is 2.26. The van der Waals surface area contributed by atoms with Crippen molar-refractivity contribution in [1.82, 2.24) is 15.2 Å². The van der Waals surface area contributed by atoms with Gasteiger partial charge < -0.3 is 10.6 Å². The highest BCUT2D eigenvalue weighted by Crippen LogP contribution is 2.22. The normalized spacial score (nSPS) is 16.2. The Morgan fingerprint density at radius 1 is 1.16 bits per heavy atom. The number of hydrogen-bond acceptors (Lipinski definition) is 5. The summed E-state index contributed by atoms with van der Waals surface area (Å²) >= 11 is 1.45. The van der Waals surface area contributed by atoms with Gasteiger partial charge in [-0.2, -0.15) is 0 Å². The molecule has 7 heteroatoms. The minimum absolute atomic E-state index is 0.0156. The summed E-state index contributed by atoms with van der Waals surface area (Å²) in [6.45, 7) is 5.77. The lowest BCUT2D eigenvalue weighted by molar-refractivity contribution is -0.124. The Labute approximate surface area is 186 Å². The van der Waals surface area contributed by atoms with Crippen molar-refractivity contribution in [2.45, 2.75) is 32.7 Å². The number of hydrogen-bond donors (Lipinski definition) is 2. The first kappa shape index (κ1) is 21.5. The molecule has 3 aromatic rings. The van der Waals surface area contributed by atoms with Gasteiger partial charge in [-0.1, -0.05) is 36.4 Å². The Kier molecular flexibility index (Phi) is 6.63. The molecule has 0 aliphatic carbocycles. The molecule has 0 spiro atoms. The van der Waals surface area contributed by atoms with Gasteiger partial charge >= 0.3 is 0 Å². The third kappa shape index (κ3) is 5.48. The van der Waals surface area contributed by atoms with Crippen LogP contribution in [0, 0.1) is 12.8 Å². The molecule has 1 saturated heterocycles. The molecular weight excluding hydrogens is 408 g/mol. The molecule has 1 fully saturated rings. The van der Waals surface area contributed by atoms with E-state index in [4.69, 9.17) is 0 Å². The van der Waals surface area contributed by atoms with Crippen molar-refractivity contribution in [3.05, 3.63) is 59.1 Å². The number of benzene rings is 2. The number of carbonyl (C=O) groups is 2. The zero-order valence-corrected chi connectivity index (χ0v) is 18.7. The molecule has 0 saturated carbocycles. The number of carbonyl (C=O) groups excluding carboxylic acids is 2. The molecule has 2 amide bonds. The van der Waals surface area contributed by atoms with Crippen LogP contribution in [0.3, 0.4) is 0 Å². The van der Waals surface area contributed by atoms with Crippen LogP contribution in [0.15, 0.2) is 47.8 Å². The van der Waals surface area contributed by atoms with E-state index in [1.54, 1.807) is 0 Å². The van der Waals surface area contributed by atoms with E-state index >= 15 is 0 Å². The molecule has 0 bridgehead atoms. The maximum atomic E-state index is 12.6. The van der Waals surface area contributed by atoms with Crippen molar-refractivity contribution in [3.8, 4) is 0 Å². The number of anilines is 1. The minimum atomic E-state index is -0.0535. The van der Waals surface area contributed by atoms with Crippen LogP contribution in [0.25, 0.3) is 10.8 Å². The van der Waals surface area contributed by atoms with Crippen LogP contribution in [0.4, 0.5) is 5.13 Å². The molecule has 2 heterocycles. The molecule has 1 aliphatic heterocycles. The average molecular weight is 437 g/mol. The third-order valence-corrected chi connectivity index (χ3v) is 6.70. The van der Waals surface area contributed by atoms with E-state index in [1.807, 2.05) is 31.4 Å². The SMILES string of the molecule is Cc1csc(NC(=O)C2CCN(CC(=O)NC(C)c3ccc4ccccc4c3)CC2)n1. The predicted molar refractivity (Wildman–Crippen MR) is 125 cm³/mol. The summed E-state index contributed by atoms with van der Waals surface area (Å²) in [6, 6.07) is 14.5. The Balaban J connectivity index is 1.24. The molecule has 2 N–H and O–H groups in total. The number of aryl methyl sites for hydroxylation is 1. The van der Waals surface area contributed by atoms with Gasteiger partial charge in [0.2, 0.25) is 11.8 Å². The first-order chi connectivity index (χ1) is 15.0.